The Bertz CT molecular complexity index is 1050. The van der Waals surface area contributed by atoms with Gasteiger partial charge in [-0.2, -0.15) is 4.98 Å². The summed E-state index contributed by atoms with van der Waals surface area (Å²) in [7, 11) is 0. The van der Waals surface area contributed by atoms with E-state index in [1.54, 1.807) is 24.3 Å². The second-order valence-corrected chi connectivity index (χ2v) is 6.19. The zero-order valence-corrected chi connectivity index (χ0v) is 15.5. The Morgan fingerprint density at radius 2 is 1.76 bits per heavy atom. The molecule has 0 aliphatic carbocycles. The molecule has 3 aromatic rings. The summed E-state index contributed by atoms with van der Waals surface area (Å²) in [5.41, 5.74) is 0.607. The number of hydrogen-bond donors (Lipinski definition) is 2. The summed E-state index contributed by atoms with van der Waals surface area (Å²) in [4.78, 5) is 38.3. The van der Waals surface area contributed by atoms with Gasteiger partial charge in [-0.05, 0) is 30.3 Å². The third-order valence-electron chi connectivity index (χ3n) is 3.74. The molecule has 1 heterocycles. The van der Waals surface area contributed by atoms with E-state index in [1.165, 1.54) is 24.3 Å². The maximum Gasteiger partial charge on any atom is 0.316 e. The minimum atomic E-state index is -0.595. The number of nitrogens with zero attached hydrogens (tertiary/aromatic N) is 3. The largest absolute Gasteiger partial charge is 0.350 e. The summed E-state index contributed by atoms with van der Waals surface area (Å²) in [6.07, 6.45) is 0. The lowest BCUT2D eigenvalue weighted by Gasteiger charge is -2.05. The van der Waals surface area contributed by atoms with Crippen molar-refractivity contribution < 1.29 is 19.0 Å². The van der Waals surface area contributed by atoms with Crippen molar-refractivity contribution in [3.63, 3.8) is 0 Å². The van der Waals surface area contributed by atoms with E-state index in [9.17, 15) is 19.7 Å². The minimum absolute atomic E-state index is 0.0954. The van der Waals surface area contributed by atoms with Crippen molar-refractivity contribution in [3.8, 4) is 11.4 Å². The lowest BCUT2D eigenvalue weighted by Crippen LogP contribution is -2.34. The van der Waals surface area contributed by atoms with Gasteiger partial charge in [-0.3, -0.25) is 19.7 Å². The molecule has 0 unspecified atom stereocenters. The summed E-state index contributed by atoms with van der Waals surface area (Å²) in [5, 5.41) is 20.1. The van der Waals surface area contributed by atoms with Crippen LogP contribution in [0.5, 0.6) is 0 Å². The molecule has 0 spiro atoms. The highest BCUT2D eigenvalue weighted by molar-refractivity contribution is 6.30. The zero-order valence-electron chi connectivity index (χ0n) is 14.8. The third kappa shape index (κ3) is 5.14. The number of carbonyl (C=O) groups is 2. The predicted octanol–water partition coefficient (Wildman–Crippen LogP) is 2.46. The molecule has 0 radical (unpaired) electrons. The Balaban J connectivity index is 1.49. The van der Waals surface area contributed by atoms with Crippen LogP contribution >= 0.6 is 11.6 Å². The summed E-state index contributed by atoms with van der Waals surface area (Å²) >= 11 is 5.82. The first-order valence-electron chi connectivity index (χ1n) is 8.34. The van der Waals surface area contributed by atoms with Crippen LogP contribution in [0.1, 0.15) is 21.0 Å². The molecule has 2 aromatic carbocycles. The van der Waals surface area contributed by atoms with Crippen molar-refractivity contribution in [1.82, 2.24) is 20.8 Å². The van der Waals surface area contributed by atoms with Crippen molar-refractivity contribution in [2.75, 3.05) is 13.1 Å². The van der Waals surface area contributed by atoms with Crippen LogP contribution in [0.4, 0.5) is 5.69 Å². The van der Waals surface area contributed by atoms with Crippen LogP contribution in [0.2, 0.25) is 5.02 Å². The number of amides is 2. The van der Waals surface area contributed by atoms with E-state index in [-0.39, 0.29) is 36.1 Å². The molecule has 10 nitrogen and oxygen atoms in total. The van der Waals surface area contributed by atoms with Crippen molar-refractivity contribution >= 4 is 29.1 Å². The highest BCUT2D eigenvalue weighted by Crippen LogP contribution is 2.18. The van der Waals surface area contributed by atoms with Gasteiger partial charge in [-0.25, -0.2) is 0 Å². The minimum Gasteiger partial charge on any atom is -0.350 e. The SMILES string of the molecule is O=C(NCCNC(=O)c1nc(-c2ccc(Cl)cc2)no1)c1cccc([N+](=O)[O-])c1. The van der Waals surface area contributed by atoms with Crippen LogP contribution in [0.15, 0.2) is 53.1 Å². The third-order valence-corrected chi connectivity index (χ3v) is 3.99. The van der Waals surface area contributed by atoms with Crippen LogP contribution in [-0.2, 0) is 0 Å². The topological polar surface area (TPSA) is 140 Å². The number of aromatic nitrogens is 2. The van der Waals surface area contributed by atoms with Crippen LogP contribution in [-0.4, -0.2) is 40.0 Å². The number of halogens is 1. The van der Waals surface area contributed by atoms with Crippen LogP contribution in [0.25, 0.3) is 11.4 Å². The number of nitrogens with one attached hydrogen (secondary N) is 2. The van der Waals surface area contributed by atoms with E-state index < -0.39 is 16.7 Å². The first kappa shape index (κ1) is 20.0. The maximum absolute atomic E-state index is 12.1. The summed E-state index contributed by atoms with van der Waals surface area (Å²) in [6, 6.07) is 12.1. The number of nitro benzene ring substituents is 1. The monoisotopic (exact) mass is 415 g/mol. The Kier molecular flexibility index (Phi) is 6.15. The molecule has 148 valence electrons. The number of hydrogen-bond acceptors (Lipinski definition) is 7. The average Bonchev–Trinajstić information content (AvgIpc) is 3.22. The molecule has 0 atom stereocenters. The van der Waals surface area contributed by atoms with Crippen molar-refractivity contribution in [3.05, 3.63) is 75.1 Å². The van der Waals surface area contributed by atoms with Crippen LogP contribution in [0.3, 0.4) is 0 Å². The molecule has 0 bridgehead atoms. The number of carbonyl (C=O) groups excluding carboxylic acids is 2. The number of nitro groups is 1. The molecule has 29 heavy (non-hydrogen) atoms. The van der Waals surface area contributed by atoms with Crippen molar-refractivity contribution in [2.24, 2.45) is 0 Å². The molecule has 0 saturated heterocycles. The summed E-state index contributed by atoms with van der Waals surface area (Å²) in [5.74, 6) is -1.07. The molecule has 0 aliphatic rings. The Labute approximate surface area is 169 Å². The Morgan fingerprint density at radius 3 is 2.45 bits per heavy atom. The van der Waals surface area contributed by atoms with Gasteiger partial charge in [0.05, 0.1) is 4.92 Å². The van der Waals surface area contributed by atoms with Gasteiger partial charge in [0.1, 0.15) is 0 Å². The van der Waals surface area contributed by atoms with Crippen LogP contribution in [0, 0.1) is 10.1 Å². The smallest absolute Gasteiger partial charge is 0.316 e. The summed E-state index contributed by atoms with van der Waals surface area (Å²) in [6.45, 7) is 0.198. The lowest BCUT2D eigenvalue weighted by molar-refractivity contribution is -0.384. The fraction of sp³-hybridized carbons (Fsp3) is 0.111. The summed E-state index contributed by atoms with van der Waals surface area (Å²) < 4.78 is 4.94. The molecule has 2 amide bonds. The molecule has 1 aromatic heterocycles. The van der Waals surface area contributed by atoms with E-state index in [4.69, 9.17) is 16.1 Å². The number of non-ortho nitro benzene ring substituents is 1. The molecule has 0 saturated carbocycles. The van der Waals surface area contributed by atoms with E-state index in [0.717, 1.165) is 0 Å². The van der Waals surface area contributed by atoms with Gasteiger partial charge in [0.15, 0.2) is 0 Å². The first-order chi connectivity index (χ1) is 13.9. The normalized spacial score (nSPS) is 10.4. The molecular weight excluding hydrogens is 402 g/mol. The van der Waals surface area contributed by atoms with E-state index in [0.29, 0.717) is 10.6 Å². The highest BCUT2D eigenvalue weighted by atomic mass is 35.5. The van der Waals surface area contributed by atoms with E-state index >= 15 is 0 Å². The van der Waals surface area contributed by atoms with Gasteiger partial charge >= 0.3 is 11.8 Å². The maximum atomic E-state index is 12.1. The lowest BCUT2D eigenvalue weighted by atomic mass is 10.2. The van der Waals surface area contributed by atoms with Crippen molar-refractivity contribution in [2.45, 2.75) is 0 Å². The molecule has 0 fully saturated rings. The van der Waals surface area contributed by atoms with Gasteiger partial charge in [0.2, 0.25) is 5.82 Å². The standard InChI is InChI=1S/C18H14ClN5O5/c19-13-6-4-11(5-7-13)15-22-18(29-23-15)17(26)21-9-8-20-16(25)12-2-1-3-14(10-12)24(27)28/h1-7,10H,8-9H2,(H,20,25)(H,21,26). The molecule has 2 N–H and O–H groups in total. The van der Waals surface area contributed by atoms with Gasteiger partial charge in [-0.1, -0.05) is 22.8 Å². The quantitative estimate of drug-likeness (QED) is 0.343. The van der Waals surface area contributed by atoms with Gasteiger partial charge < -0.3 is 15.2 Å². The molecule has 11 heteroatoms. The molecule has 0 aliphatic heterocycles. The fourth-order valence-corrected chi connectivity index (χ4v) is 2.45. The Hall–Kier alpha value is -3.79. The predicted molar refractivity (Wildman–Crippen MR) is 103 cm³/mol. The van der Waals surface area contributed by atoms with Crippen molar-refractivity contribution in [1.29, 1.82) is 0 Å². The average molecular weight is 416 g/mol. The number of benzene rings is 2. The first-order valence-corrected chi connectivity index (χ1v) is 8.72. The van der Waals surface area contributed by atoms with Gasteiger partial charge in [0, 0.05) is 41.4 Å². The molecular formula is C18H14ClN5O5. The molecule has 3 rings (SSSR count). The second-order valence-electron chi connectivity index (χ2n) is 5.75. The van der Waals surface area contributed by atoms with E-state index in [2.05, 4.69) is 20.8 Å². The fourth-order valence-electron chi connectivity index (χ4n) is 2.32. The van der Waals surface area contributed by atoms with E-state index in [1.807, 2.05) is 0 Å². The van der Waals surface area contributed by atoms with Crippen LogP contribution < -0.4 is 10.6 Å². The second kappa shape index (κ2) is 8.93. The highest BCUT2D eigenvalue weighted by Gasteiger charge is 2.16. The zero-order chi connectivity index (χ0) is 20.8. The number of rotatable bonds is 7. The van der Waals surface area contributed by atoms with Gasteiger partial charge in [0.25, 0.3) is 11.6 Å². The van der Waals surface area contributed by atoms with Gasteiger partial charge in [-0.15, -0.1) is 0 Å². The Morgan fingerprint density at radius 1 is 1.07 bits per heavy atom.